The molecule has 0 saturated heterocycles. The number of pyridine rings is 2. The fourth-order valence-electron chi connectivity index (χ4n) is 6.17. The van der Waals surface area contributed by atoms with Crippen LogP contribution in [0.3, 0.4) is 0 Å². The lowest BCUT2D eigenvalue weighted by Gasteiger charge is -2.19. The van der Waals surface area contributed by atoms with E-state index < -0.39 is 6.10 Å². The van der Waals surface area contributed by atoms with Gasteiger partial charge in [0.25, 0.3) is 0 Å². The number of Topliss-reactive ketones (excluding diaryl/α,β-unsaturated/α-hetero) is 1. The van der Waals surface area contributed by atoms with E-state index in [1.54, 1.807) is 31.2 Å². The van der Waals surface area contributed by atoms with Crippen LogP contribution < -0.4 is 10.9 Å². The average molecular weight is 666 g/mol. The van der Waals surface area contributed by atoms with Crippen molar-refractivity contribution in [2.75, 3.05) is 6.61 Å². The van der Waals surface area contributed by atoms with Crippen molar-refractivity contribution in [1.29, 1.82) is 0 Å². The van der Waals surface area contributed by atoms with E-state index in [9.17, 15) is 24.3 Å². The van der Waals surface area contributed by atoms with E-state index in [0.717, 1.165) is 31.2 Å². The monoisotopic (exact) mass is 664 g/mol. The van der Waals surface area contributed by atoms with Crippen LogP contribution in [0.25, 0.3) is 43.6 Å². The van der Waals surface area contributed by atoms with Gasteiger partial charge in [-0.1, -0.05) is 36.0 Å². The summed E-state index contributed by atoms with van der Waals surface area (Å²) < 4.78 is 9.17. The number of rotatable bonds is 14. The molecule has 0 amide bonds. The van der Waals surface area contributed by atoms with E-state index in [-0.39, 0.29) is 22.6 Å². The fourth-order valence-corrected chi connectivity index (χ4v) is 6.52. The quantitative estimate of drug-likeness (QED) is 0.0745. The molecule has 8 nitrogen and oxygen atoms in total. The number of aromatic nitrogens is 2. The molecule has 0 fully saturated rings. The lowest BCUT2D eigenvalue weighted by Crippen LogP contribution is -2.16. The van der Waals surface area contributed by atoms with Crippen molar-refractivity contribution in [1.82, 2.24) is 9.13 Å². The lowest BCUT2D eigenvalue weighted by atomic mass is 10.0. The first-order chi connectivity index (χ1) is 22.1. The molecule has 1 atom stereocenters. The molecular formula is C36H38Cl2N2O6. The summed E-state index contributed by atoms with van der Waals surface area (Å²) in [5.74, 6) is -0.386. The highest BCUT2D eigenvalue weighted by Crippen LogP contribution is 2.29. The van der Waals surface area contributed by atoms with Crippen LogP contribution in [0, 0.1) is 0 Å². The largest absolute Gasteiger partial charge is 0.466 e. The first kappa shape index (κ1) is 33.6. The number of esters is 1. The Hall–Kier alpha value is -3.72. The van der Waals surface area contributed by atoms with E-state index in [4.69, 9.17) is 27.9 Å². The number of carbonyl (C=O) groups excluding carboxylic acids is 2. The molecule has 1 N–H and O–H groups in total. The Kier molecular flexibility index (Phi) is 10.8. The number of aliphatic hydroxyl groups excluding tert-OH is 1. The Morgan fingerprint density at radius 2 is 1.15 bits per heavy atom. The highest BCUT2D eigenvalue weighted by Gasteiger charge is 2.18. The topological polar surface area (TPSA) is 108 Å². The van der Waals surface area contributed by atoms with Crippen LogP contribution in [0.5, 0.6) is 0 Å². The Morgan fingerprint density at radius 3 is 1.61 bits per heavy atom. The van der Waals surface area contributed by atoms with Gasteiger partial charge in [0, 0.05) is 57.5 Å². The molecule has 0 aliphatic rings. The van der Waals surface area contributed by atoms with E-state index in [0.29, 0.717) is 93.5 Å². The molecule has 0 aliphatic carbocycles. The van der Waals surface area contributed by atoms with Gasteiger partial charge in [-0.15, -0.1) is 0 Å². The number of ketones is 1. The maximum atomic E-state index is 14.0. The van der Waals surface area contributed by atoms with Gasteiger partial charge in [-0.2, -0.15) is 0 Å². The van der Waals surface area contributed by atoms with Crippen LogP contribution in [0.2, 0.25) is 10.0 Å². The first-order valence-electron chi connectivity index (χ1n) is 15.9. The molecule has 2 heterocycles. The zero-order valence-electron chi connectivity index (χ0n) is 26.1. The third-order valence-corrected chi connectivity index (χ3v) is 8.98. The number of ether oxygens (including phenoxy) is 1. The minimum Gasteiger partial charge on any atom is -0.466 e. The summed E-state index contributed by atoms with van der Waals surface area (Å²) in [4.78, 5) is 51.7. The van der Waals surface area contributed by atoms with Gasteiger partial charge in [0.2, 0.25) is 0 Å². The van der Waals surface area contributed by atoms with Crippen LogP contribution in [-0.4, -0.2) is 38.7 Å². The Balaban J connectivity index is 1.62. The van der Waals surface area contributed by atoms with Crippen LogP contribution in [-0.2, 0) is 27.4 Å². The van der Waals surface area contributed by atoms with Crippen LogP contribution in [0.4, 0.5) is 0 Å². The third kappa shape index (κ3) is 7.14. The molecule has 1 unspecified atom stereocenters. The summed E-state index contributed by atoms with van der Waals surface area (Å²) in [6.07, 6.45) is 4.04. The second-order valence-electron chi connectivity index (χ2n) is 11.7. The van der Waals surface area contributed by atoms with Crippen LogP contribution in [0.1, 0.15) is 65.2 Å². The minimum absolute atomic E-state index is 0.167. The predicted octanol–water partition coefficient (Wildman–Crippen LogP) is 7.56. The molecule has 0 spiro atoms. The van der Waals surface area contributed by atoms with Crippen molar-refractivity contribution in [3.8, 4) is 0 Å². The second-order valence-corrected chi connectivity index (χ2v) is 12.6. The molecule has 2 aromatic heterocycles. The number of halogens is 2. The summed E-state index contributed by atoms with van der Waals surface area (Å²) in [5.41, 5.74) is 2.40. The molecule has 0 radical (unpaired) electrons. The summed E-state index contributed by atoms with van der Waals surface area (Å²) in [5, 5.41) is 12.4. The summed E-state index contributed by atoms with van der Waals surface area (Å²) in [6, 6.07) is 14.2. The van der Waals surface area contributed by atoms with Crippen molar-refractivity contribution in [2.45, 2.75) is 84.4 Å². The summed E-state index contributed by atoms with van der Waals surface area (Å²) in [6.45, 7) is 4.75. The number of fused-ring (bicyclic) bond motifs is 4. The molecule has 0 aliphatic heterocycles. The number of hydrogen-bond acceptors (Lipinski definition) is 6. The molecule has 0 bridgehead atoms. The highest BCUT2D eigenvalue weighted by atomic mass is 35.5. The maximum absolute atomic E-state index is 14.0. The number of benzene rings is 3. The number of nitrogens with zero attached hydrogens (tertiary/aromatic N) is 2. The molecule has 5 rings (SSSR count). The lowest BCUT2D eigenvalue weighted by molar-refractivity contribution is -0.143. The SMILES string of the molecule is CCOC(=O)CCCCCn1c2ccc(Cl)cc2c(=O)c2cc3c(cc21)c(=O)c1cc(Cl)ccc1n3CCCCCC(=O)C(C)O. The van der Waals surface area contributed by atoms with E-state index in [2.05, 4.69) is 9.13 Å². The molecule has 10 heteroatoms. The minimum atomic E-state index is -0.968. The molecule has 5 aromatic rings. The van der Waals surface area contributed by atoms with Crippen molar-refractivity contribution in [3.05, 3.63) is 79.0 Å². The van der Waals surface area contributed by atoms with Crippen molar-refractivity contribution in [2.24, 2.45) is 0 Å². The van der Waals surface area contributed by atoms with Crippen molar-refractivity contribution in [3.63, 3.8) is 0 Å². The van der Waals surface area contributed by atoms with Gasteiger partial charge >= 0.3 is 5.97 Å². The highest BCUT2D eigenvalue weighted by molar-refractivity contribution is 6.31. The van der Waals surface area contributed by atoms with Gasteiger partial charge < -0.3 is 19.0 Å². The Bertz CT molecular complexity index is 2060. The number of carbonyl (C=O) groups is 2. The zero-order valence-corrected chi connectivity index (χ0v) is 27.6. The van der Waals surface area contributed by atoms with Gasteiger partial charge in [0.15, 0.2) is 16.6 Å². The van der Waals surface area contributed by atoms with Gasteiger partial charge in [-0.25, -0.2) is 0 Å². The normalized spacial score (nSPS) is 12.4. The maximum Gasteiger partial charge on any atom is 0.305 e. The zero-order chi connectivity index (χ0) is 33.0. The smallest absolute Gasteiger partial charge is 0.305 e. The van der Waals surface area contributed by atoms with Gasteiger partial charge in [-0.05, 0) is 88.1 Å². The van der Waals surface area contributed by atoms with E-state index >= 15 is 0 Å². The van der Waals surface area contributed by atoms with Gasteiger partial charge in [0.05, 0.1) is 28.7 Å². The van der Waals surface area contributed by atoms with Crippen molar-refractivity contribution >= 4 is 78.6 Å². The standard InChI is InChI=1S/C36H38Cl2N2O6/c1-3-46-34(43)11-7-5-9-17-40-30-15-13-24(38)19-26(30)36(45)28-20-31-27(21-32(28)40)35(44)25-18-23(37)12-14-29(25)39(31)16-8-4-6-10-33(42)22(2)41/h12-15,18-22,41H,3-11,16-17H2,1-2H3. The molecule has 3 aromatic carbocycles. The molecule has 0 saturated carbocycles. The number of hydrogen-bond donors (Lipinski definition) is 1. The van der Waals surface area contributed by atoms with Crippen LogP contribution >= 0.6 is 23.2 Å². The average Bonchev–Trinajstić information content (AvgIpc) is 3.03. The third-order valence-electron chi connectivity index (χ3n) is 8.51. The molecular weight excluding hydrogens is 627 g/mol. The molecule has 46 heavy (non-hydrogen) atoms. The van der Waals surface area contributed by atoms with Crippen molar-refractivity contribution < 1.29 is 19.4 Å². The van der Waals surface area contributed by atoms with Crippen LogP contribution in [0.15, 0.2) is 58.1 Å². The molecule has 242 valence electrons. The fraction of sp³-hybridized carbons (Fsp3) is 0.389. The summed E-state index contributed by atoms with van der Waals surface area (Å²) in [7, 11) is 0. The number of unbranched alkanes of at least 4 members (excludes halogenated alkanes) is 4. The van der Waals surface area contributed by atoms with Gasteiger partial charge in [0.1, 0.15) is 6.10 Å². The number of aliphatic hydroxyl groups is 1. The Labute approximate surface area is 276 Å². The second kappa shape index (κ2) is 14.8. The predicted molar refractivity (Wildman–Crippen MR) is 185 cm³/mol. The summed E-state index contributed by atoms with van der Waals surface area (Å²) >= 11 is 12.7. The Morgan fingerprint density at radius 1 is 0.696 bits per heavy atom. The first-order valence-corrected chi connectivity index (χ1v) is 16.6. The number of aryl methyl sites for hydroxylation is 2. The van der Waals surface area contributed by atoms with E-state index in [1.165, 1.54) is 6.92 Å². The van der Waals surface area contributed by atoms with Gasteiger partial charge in [-0.3, -0.25) is 19.2 Å². The van der Waals surface area contributed by atoms with E-state index in [1.807, 2.05) is 24.3 Å².